The first-order valence-electron chi connectivity index (χ1n) is 7.46. The Morgan fingerprint density at radius 1 is 1.18 bits per heavy atom. The van der Waals surface area contributed by atoms with Crippen LogP contribution < -0.4 is 5.32 Å². The number of nitrogens with one attached hydrogen (secondary N) is 1. The first kappa shape index (κ1) is 15.0. The highest BCUT2D eigenvalue weighted by atomic mass is 15.2. The zero-order valence-electron chi connectivity index (χ0n) is 12.6. The van der Waals surface area contributed by atoms with E-state index < -0.39 is 0 Å². The number of likely N-dealkylation sites (N-methyl/N-ethyl adjacent to an activating group) is 2. The van der Waals surface area contributed by atoms with Crippen molar-refractivity contribution in [1.82, 2.24) is 10.2 Å². The van der Waals surface area contributed by atoms with E-state index >= 15 is 0 Å². The van der Waals surface area contributed by atoms with Gasteiger partial charge in [-0.05, 0) is 31.3 Å². The smallest absolute Gasteiger partial charge is 0.0243 e. The Labute approximate surface area is 108 Å². The van der Waals surface area contributed by atoms with Gasteiger partial charge in [0.1, 0.15) is 0 Å². The van der Waals surface area contributed by atoms with E-state index in [-0.39, 0.29) is 0 Å². The SMILES string of the molecule is CCNC(CN(CC)C1CCCC1)C(C)(C)C. The molecule has 1 aliphatic rings. The van der Waals surface area contributed by atoms with Crippen LogP contribution in [0.3, 0.4) is 0 Å². The largest absolute Gasteiger partial charge is 0.312 e. The normalized spacial score (nSPS) is 20.1. The zero-order chi connectivity index (χ0) is 12.9. The molecule has 0 heterocycles. The van der Waals surface area contributed by atoms with Crippen LogP contribution in [0.4, 0.5) is 0 Å². The van der Waals surface area contributed by atoms with Crippen molar-refractivity contribution in [2.24, 2.45) is 5.41 Å². The maximum Gasteiger partial charge on any atom is 0.0243 e. The van der Waals surface area contributed by atoms with Gasteiger partial charge in [0.2, 0.25) is 0 Å². The Bertz CT molecular complexity index is 201. The molecule has 1 saturated carbocycles. The van der Waals surface area contributed by atoms with E-state index in [1.165, 1.54) is 38.8 Å². The highest BCUT2D eigenvalue weighted by Gasteiger charge is 2.29. The zero-order valence-corrected chi connectivity index (χ0v) is 12.6. The minimum Gasteiger partial charge on any atom is -0.312 e. The maximum absolute atomic E-state index is 3.67. The Hall–Kier alpha value is -0.0800. The molecule has 0 spiro atoms. The van der Waals surface area contributed by atoms with Gasteiger partial charge in [0.15, 0.2) is 0 Å². The van der Waals surface area contributed by atoms with Gasteiger partial charge in [-0.15, -0.1) is 0 Å². The van der Waals surface area contributed by atoms with Gasteiger partial charge >= 0.3 is 0 Å². The summed E-state index contributed by atoms with van der Waals surface area (Å²) < 4.78 is 0. The Morgan fingerprint density at radius 3 is 2.18 bits per heavy atom. The predicted molar refractivity (Wildman–Crippen MR) is 76.4 cm³/mol. The first-order chi connectivity index (χ1) is 7.99. The van der Waals surface area contributed by atoms with Crippen molar-refractivity contribution in [2.45, 2.75) is 72.4 Å². The van der Waals surface area contributed by atoms with Gasteiger partial charge in [-0.2, -0.15) is 0 Å². The monoisotopic (exact) mass is 240 g/mol. The predicted octanol–water partition coefficient (Wildman–Crippen LogP) is 3.28. The lowest BCUT2D eigenvalue weighted by atomic mass is 9.86. The molecule has 1 atom stereocenters. The van der Waals surface area contributed by atoms with Gasteiger partial charge in [-0.3, -0.25) is 4.90 Å². The molecule has 1 N–H and O–H groups in total. The average molecular weight is 240 g/mol. The molecule has 1 unspecified atom stereocenters. The van der Waals surface area contributed by atoms with Crippen LogP contribution in [-0.2, 0) is 0 Å². The average Bonchev–Trinajstić information content (AvgIpc) is 2.75. The van der Waals surface area contributed by atoms with Gasteiger partial charge in [-0.25, -0.2) is 0 Å². The van der Waals surface area contributed by atoms with Crippen LogP contribution in [0.15, 0.2) is 0 Å². The molecule has 1 aliphatic carbocycles. The van der Waals surface area contributed by atoms with Crippen LogP contribution in [0.1, 0.15) is 60.3 Å². The molecule has 0 bridgehead atoms. The summed E-state index contributed by atoms with van der Waals surface area (Å²) in [5.41, 5.74) is 0.349. The molecular weight excluding hydrogens is 208 g/mol. The minimum absolute atomic E-state index is 0.349. The third-order valence-corrected chi connectivity index (χ3v) is 4.16. The molecule has 17 heavy (non-hydrogen) atoms. The lowest BCUT2D eigenvalue weighted by Crippen LogP contribution is -2.50. The fourth-order valence-electron chi connectivity index (χ4n) is 2.93. The first-order valence-corrected chi connectivity index (χ1v) is 7.46. The van der Waals surface area contributed by atoms with Crippen LogP contribution in [0.2, 0.25) is 0 Å². The summed E-state index contributed by atoms with van der Waals surface area (Å²) in [5, 5.41) is 3.67. The second-order valence-corrected chi connectivity index (χ2v) is 6.50. The van der Waals surface area contributed by atoms with Crippen molar-refractivity contribution >= 4 is 0 Å². The topological polar surface area (TPSA) is 15.3 Å². The second kappa shape index (κ2) is 6.75. The minimum atomic E-state index is 0.349. The molecule has 0 radical (unpaired) electrons. The molecule has 0 saturated heterocycles. The summed E-state index contributed by atoms with van der Waals surface area (Å²) in [7, 11) is 0. The third kappa shape index (κ3) is 4.59. The van der Waals surface area contributed by atoms with Gasteiger partial charge in [0.25, 0.3) is 0 Å². The summed E-state index contributed by atoms with van der Waals surface area (Å²) in [6, 6.07) is 1.46. The Kier molecular flexibility index (Phi) is 5.94. The third-order valence-electron chi connectivity index (χ3n) is 4.16. The van der Waals surface area contributed by atoms with Crippen molar-refractivity contribution < 1.29 is 0 Å². The molecule has 1 rings (SSSR count). The Morgan fingerprint density at radius 2 is 1.76 bits per heavy atom. The summed E-state index contributed by atoms with van der Waals surface area (Å²) in [4.78, 5) is 2.70. The van der Waals surface area contributed by atoms with Gasteiger partial charge < -0.3 is 5.32 Å². The van der Waals surface area contributed by atoms with Crippen LogP contribution >= 0.6 is 0 Å². The van der Waals surface area contributed by atoms with E-state index in [1.807, 2.05) is 0 Å². The summed E-state index contributed by atoms with van der Waals surface area (Å²) in [5.74, 6) is 0. The van der Waals surface area contributed by atoms with Crippen molar-refractivity contribution in [3.63, 3.8) is 0 Å². The molecule has 1 fully saturated rings. The van der Waals surface area contributed by atoms with Gasteiger partial charge in [0.05, 0.1) is 0 Å². The second-order valence-electron chi connectivity index (χ2n) is 6.50. The van der Waals surface area contributed by atoms with Crippen molar-refractivity contribution in [3.8, 4) is 0 Å². The van der Waals surface area contributed by atoms with E-state index in [0.29, 0.717) is 11.5 Å². The van der Waals surface area contributed by atoms with Gasteiger partial charge in [0, 0.05) is 18.6 Å². The lowest BCUT2D eigenvalue weighted by molar-refractivity contribution is 0.141. The summed E-state index contributed by atoms with van der Waals surface area (Å²) in [6.45, 7) is 15.0. The molecule has 2 nitrogen and oxygen atoms in total. The van der Waals surface area contributed by atoms with Crippen LogP contribution in [0, 0.1) is 5.41 Å². The number of rotatable bonds is 6. The fourth-order valence-corrected chi connectivity index (χ4v) is 2.93. The van der Waals surface area contributed by atoms with Crippen molar-refractivity contribution in [1.29, 1.82) is 0 Å². The molecule has 0 aromatic heterocycles. The number of nitrogens with zero attached hydrogens (tertiary/aromatic N) is 1. The summed E-state index contributed by atoms with van der Waals surface area (Å²) >= 11 is 0. The molecule has 0 aliphatic heterocycles. The van der Waals surface area contributed by atoms with E-state index in [9.17, 15) is 0 Å². The summed E-state index contributed by atoms with van der Waals surface area (Å²) in [6.07, 6.45) is 5.69. The number of hydrogen-bond donors (Lipinski definition) is 1. The van der Waals surface area contributed by atoms with Crippen LogP contribution in [0.5, 0.6) is 0 Å². The molecule has 0 aromatic carbocycles. The van der Waals surface area contributed by atoms with Crippen molar-refractivity contribution in [2.75, 3.05) is 19.6 Å². The van der Waals surface area contributed by atoms with E-state index in [1.54, 1.807) is 0 Å². The van der Waals surface area contributed by atoms with Crippen LogP contribution in [0.25, 0.3) is 0 Å². The highest BCUT2D eigenvalue weighted by Crippen LogP contribution is 2.26. The quantitative estimate of drug-likeness (QED) is 0.766. The molecule has 0 amide bonds. The standard InChI is InChI=1S/C15H32N2/c1-6-16-14(15(3,4)5)12-17(7-2)13-10-8-9-11-13/h13-14,16H,6-12H2,1-5H3. The highest BCUT2D eigenvalue weighted by molar-refractivity contribution is 4.86. The van der Waals surface area contributed by atoms with Gasteiger partial charge in [-0.1, -0.05) is 47.5 Å². The van der Waals surface area contributed by atoms with E-state index in [2.05, 4.69) is 44.8 Å². The molecule has 0 aromatic rings. The number of hydrogen-bond acceptors (Lipinski definition) is 2. The molecule has 2 heteroatoms. The van der Waals surface area contributed by atoms with Crippen LogP contribution in [-0.4, -0.2) is 36.6 Å². The fraction of sp³-hybridized carbons (Fsp3) is 1.00. The maximum atomic E-state index is 3.67. The molecular formula is C15H32N2. The Balaban J connectivity index is 2.56. The molecule has 102 valence electrons. The van der Waals surface area contributed by atoms with E-state index in [0.717, 1.165) is 12.6 Å². The van der Waals surface area contributed by atoms with Crippen molar-refractivity contribution in [3.05, 3.63) is 0 Å². The lowest BCUT2D eigenvalue weighted by Gasteiger charge is -2.38. The van der Waals surface area contributed by atoms with E-state index in [4.69, 9.17) is 0 Å².